The Morgan fingerprint density at radius 2 is 1.60 bits per heavy atom. The van der Waals surface area contributed by atoms with Gasteiger partial charge in [0.05, 0.1) is 23.7 Å². The highest BCUT2D eigenvalue weighted by Gasteiger charge is 2.30. The van der Waals surface area contributed by atoms with Gasteiger partial charge in [-0.1, -0.05) is 12.1 Å². The molecule has 2 amide bonds. The van der Waals surface area contributed by atoms with Gasteiger partial charge < -0.3 is 20.4 Å². The minimum atomic E-state index is -4.40. The summed E-state index contributed by atoms with van der Waals surface area (Å²) >= 11 is 0. The van der Waals surface area contributed by atoms with Gasteiger partial charge in [0.25, 0.3) is 5.91 Å². The maximum Gasteiger partial charge on any atom is 0.416 e. The standard InChI is InChI=1S/C27H31F3N8O2/c1-16(34-23-15-31-22(14-32-23)26(40)38-11-9-37(10-12-38)19(4)39)13-33-25-18(3)17(2)24(35-36-25)20-5-7-21(8-6-20)27(28,29)30/h5-8,14-16H,9-13H2,1-4H3,(H,32,34)(H,33,36)/t16-/m1/s1. The van der Waals surface area contributed by atoms with Gasteiger partial charge in [-0.3, -0.25) is 9.59 Å². The summed E-state index contributed by atoms with van der Waals surface area (Å²) in [5.74, 6) is 0.849. The summed E-state index contributed by atoms with van der Waals surface area (Å²) in [4.78, 5) is 36.2. The van der Waals surface area contributed by atoms with Gasteiger partial charge >= 0.3 is 6.18 Å². The second-order valence-corrected chi connectivity index (χ2v) is 9.73. The number of nitrogens with zero attached hydrogens (tertiary/aromatic N) is 6. The fourth-order valence-electron chi connectivity index (χ4n) is 4.32. The Bertz CT molecular complexity index is 1360. The SMILES string of the molecule is CC(=O)N1CCN(C(=O)c2cnc(N[C@H](C)CNc3nnc(-c4ccc(C(F)(F)F)cc4)c(C)c3C)cn2)CC1. The lowest BCUT2D eigenvalue weighted by molar-refractivity contribution is -0.137. The second kappa shape index (κ2) is 11.8. The molecule has 0 bridgehead atoms. The van der Waals surface area contributed by atoms with Crippen molar-refractivity contribution in [1.82, 2.24) is 30.0 Å². The molecule has 212 valence electrons. The fourth-order valence-corrected chi connectivity index (χ4v) is 4.32. The molecule has 0 unspecified atom stereocenters. The highest BCUT2D eigenvalue weighted by Crippen LogP contribution is 2.32. The number of benzene rings is 1. The van der Waals surface area contributed by atoms with Gasteiger partial charge in [0.1, 0.15) is 11.5 Å². The minimum Gasteiger partial charge on any atom is -0.366 e. The summed E-state index contributed by atoms with van der Waals surface area (Å²) in [6.45, 7) is 9.56. The average molecular weight is 557 g/mol. The van der Waals surface area contributed by atoms with Gasteiger partial charge in [-0.25, -0.2) is 9.97 Å². The van der Waals surface area contributed by atoms with Crippen LogP contribution in [0.25, 0.3) is 11.3 Å². The van der Waals surface area contributed by atoms with Gasteiger partial charge in [0.2, 0.25) is 5.91 Å². The van der Waals surface area contributed by atoms with Crippen molar-refractivity contribution in [1.29, 1.82) is 0 Å². The predicted molar refractivity (Wildman–Crippen MR) is 144 cm³/mol. The van der Waals surface area contributed by atoms with E-state index < -0.39 is 11.7 Å². The molecule has 1 saturated heterocycles. The van der Waals surface area contributed by atoms with E-state index in [-0.39, 0.29) is 23.6 Å². The second-order valence-electron chi connectivity index (χ2n) is 9.73. The lowest BCUT2D eigenvalue weighted by Crippen LogP contribution is -2.50. The molecule has 2 N–H and O–H groups in total. The van der Waals surface area contributed by atoms with E-state index in [1.165, 1.54) is 31.5 Å². The Labute approximate surface area is 230 Å². The van der Waals surface area contributed by atoms with Crippen LogP contribution >= 0.6 is 0 Å². The molecule has 10 nitrogen and oxygen atoms in total. The normalized spacial score (nSPS) is 14.6. The molecular formula is C27H31F3N8O2. The number of hydrogen-bond acceptors (Lipinski definition) is 8. The van der Waals surface area contributed by atoms with Crippen LogP contribution < -0.4 is 10.6 Å². The van der Waals surface area contributed by atoms with E-state index in [4.69, 9.17) is 0 Å². The third-order valence-electron chi connectivity index (χ3n) is 6.86. The third kappa shape index (κ3) is 6.64. The minimum absolute atomic E-state index is 0.00145. The van der Waals surface area contributed by atoms with Crippen molar-refractivity contribution in [2.75, 3.05) is 43.4 Å². The maximum atomic E-state index is 12.9. The molecule has 0 aliphatic carbocycles. The van der Waals surface area contributed by atoms with Gasteiger partial charge in [-0.05, 0) is 44.0 Å². The first kappa shape index (κ1) is 28.7. The zero-order chi connectivity index (χ0) is 29.0. The average Bonchev–Trinajstić information content (AvgIpc) is 2.93. The number of nitrogens with one attached hydrogen (secondary N) is 2. The molecule has 0 saturated carbocycles. The molecule has 0 spiro atoms. The van der Waals surface area contributed by atoms with E-state index in [0.717, 1.165) is 23.3 Å². The predicted octanol–water partition coefficient (Wildman–Crippen LogP) is 3.79. The van der Waals surface area contributed by atoms with Crippen LogP contribution in [-0.2, 0) is 11.0 Å². The Morgan fingerprint density at radius 1 is 0.950 bits per heavy atom. The zero-order valence-electron chi connectivity index (χ0n) is 22.7. The molecule has 1 fully saturated rings. The first-order valence-corrected chi connectivity index (χ1v) is 12.8. The smallest absolute Gasteiger partial charge is 0.366 e. The van der Waals surface area contributed by atoms with Crippen molar-refractivity contribution in [2.24, 2.45) is 0 Å². The molecular weight excluding hydrogens is 525 g/mol. The molecule has 2 aromatic heterocycles. The van der Waals surface area contributed by atoms with Crippen LogP contribution in [-0.4, -0.2) is 80.5 Å². The Balaban J connectivity index is 1.32. The monoisotopic (exact) mass is 556 g/mol. The number of anilines is 2. The molecule has 13 heteroatoms. The van der Waals surface area contributed by atoms with Crippen LogP contribution in [0.5, 0.6) is 0 Å². The molecule has 0 radical (unpaired) electrons. The Kier molecular flexibility index (Phi) is 8.50. The van der Waals surface area contributed by atoms with Crippen LogP contribution in [0.15, 0.2) is 36.7 Å². The summed E-state index contributed by atoms with van der Waals surface area (Å²) < 4.78 is 38.6. The summed E-state index contributed by atoms with van der Waals surface area (Å²) in [6.07, 6.45) is -1.46. The number of amides is 2. The summed E-state index contributed by atoms with van der Waals surface area (Å²) in [7, 11) is 0. The van der Waals surface area contributed by atoms with E-state index in [9.17, 15) is 22.8 Å². The summed E-state index contributed by atoms with van der Waals surface area (Å²) in [6, 6.07) is 4.77. The molecule has 40 heavy (non-hydrogen) atoms. The van der Waals surface area contributed by atoms with Gasteiger partial charge in [0, 0.05) is 51.3 Å². The molecule has 1 atom stereocenters. The van der Waals surface area contributed by atoms with E-state index in [1.807, 2.05) is 20.8 Å². The number of piperazine rings is 1. The number of hydrogen-bond donors (Lipinski definition) is 2. The molecule has 1 aliphatic heterocycles. The zero-order valence-corrected chi connectivity index (χ0v) is 22.7. The van der Waals surface area contributed by atoms with Crippen molar-refractivity contribution < 1.29 is 22.8 Å². The molecule has 1 aliphatic rings. The van der Waals surface area contributed by atoms with E-state index in [1.54, 1.807) is 9.80 Å². The number of carbonyl (C=O) groups is 2. The number of halogens is 3. The van der Waals surface area contributed by atoms with E-state index >= 15 is 0 Å². The van der Waals surface area contributed by atoms with Crippen LogP contribution in [0.2, 0.25) is 0 Å². The van der Waals surface area contributed by atoms with Crippen molar-refractivity contribution in [3.63, 3.8) is 0 Å². The molecule has 3 heterocycles. The summed E-state index contributed by atoms with van der Waals surface area (Å²) in [5, 5.41) is 15.0. The molecule has 1 aromatic carbocycles. The first-order valence-electron chi connectivity index (χ1n) is 12.8. The number of alkyl halides is 3. The topological polar surface area (TPSA) is 116 Å². The highest BCUT2D eigenvalue weighted by molar-refractivity contribution is 5.92. The van der Waals surface area contributed by atoms with Crippen molar-refractivity contribution in [3.8, 4) is 11.3 Å². The third-order valence-corrected chi connectivity index (χ3v) is 6.86. The van der Waals surface area contributed by atoms with Crippen LogP contribution in [0.3, 0.4) is 0 Å². The van der Waals surface area contributed by atoms with Crippen molar-refractivity contribution in [2.45, 2.75) is 39.9 Å². The number of rotatable bonds is 7. The van der Waals surface area contributed by atoms with Gasteiger partial charge in [0.15, 0.2) is 5.82 Å². The quantitative estimate of drug-likeness (QED) is 0.452. The number of carbonyl (C=O) groups excluding carboxylic acids is 2. The van der Waals surface area contributed by atoms with Crippen molar-refractivity contribution >= 4 is 23.5 Å². The Morgan fingerprint density at radius 3 is 2.17 bits per heavy atom. The highest BCUT2D eigenvalue weighted by atomic mass is 19.4. The largest absolute Gasteiger partial charge is 0.416 e. The van der Waals surface area contributed by atoms with Crippen LogP contribution in [0.1, 0.15) is 41.0 Å². The van der Waals surface area contributed by atoms with E-state index in [2.05, 4.69) is 30.8 Å². The summed E-state index contributed by atoms with van der Waals surface area (Å²) in [5.41, 5.74) is 2.25. The van der Waals surface area contributed by atoms with Crippen LogP contribution in [0.4, 0.5) is 24.8 Å². The number of aromatic nitrogens is 4. The lowest BCUT2D eigenvalue weighted by atomic mass is 10.0. The van der Waals surface area contributed by atoms with Gasteiger partial charge in [-0.15, -0.1) is 10.2 Å². The lowest BCUT2D eigenvalue weighted by Gasteiger charge is -2.33. The van der Waals surface area contributed by atoms with Crippen LogP contribution in [0, 0.1) is 13.8 Å². The van der Waals surface area contributed by atoms with E-state index in [0.29, 0.717) is 55.6 Å². The van der Waals surface area contributed by atoms with Crippen molar-refractivity contribution in [3.05, 3.63) is 59.0 Å². The maximum absolute atomic E-state index is 12.9. The van der Waals surface area contributed by atoms with Gasteiger partial charge in [-0.2, -0.15) is 13.2 Å². The molecule has 3 aromatic rings. The first-order chi connectivity index (χ1) is 18.9. The fraction of sp³-hybridized carbons (Fsp3) is 0.407. The molecule has 4 rings (SSSR count). The Hall–Kier alpha value is -4.29.